The minimum absolute atomic E-state index is 0.409. The molecule has 37 heavy (non-hydrogen) atoms. The second-order valence-corrected chi connectivity index (χ2v) is 8.79. The third-order valence-corrected chi connectivity index (χ3v) is 5.89. The lowest BCUT2D eigenvalue weighted by atomic mass is 10.1. The van der Waals surface area contributed by atoms with E-state index in [2.05, 4.69) is 35.1 Å². The number of nitrogens with zero attached hydrogens (tertiary/aromatic N) is 7. The van der Waals surface area contributed by atoms with Crippen molar-refractivity contribution in [3.8, 4) is 39.7 Å². The van der Waals surface area contributed by atoms with E-state index in [4.69, 9.17) is 9.72 Å². The van der Waals surface area contributed by atoms with Crippen molar-refractivity contribution in [2.75, 3.05) is 27.2 Å². The summed E-state index contributed by atoms with van der Waals surface area (Å²) in [6.45, 7) is 1.16. The van der Waals surface area contributed by atoms with E-state index < -0.39 is 5.82 Å². The van der Waals surface area contributed by atoms with Crippen molar-refractivity contribution < 1.29 is 9.13 Å². The molecular weight excluding hydrogens is 473 g/mol. The van der Waals surface area contributed by atoms with E-state index in [1.165, 1.54) is 18.5 Å². The fraction of sp³-hybridized carbons (Fsp3) is 0.154. The van der Waals surface area contributed by atoms with Gasteiger partial charge in [0.05, 0.1) is 16.6 Å². The van der Waals surface area contributed by atoms with E-state index in [0.29, 0.717) is 52.8 Å². The summed E-state index contributed by atoms with van der Waals surface area (Å²) in [7, 11) is 3.91. The largest absolute Gasteiger partial charge is 0.492 e. The van der Waals surface area contributed by atoms with Crippen LogP contribution in [0.15, 0.2) is 61.4 Å². The molecule has 0 aliphatic carbocycles. The van der Waals surface area contributed by atoms with Crippen molar-refractivity contribution >= 4 is 22.1 Å². The van der Waals surface area contributed by atoms with Crippen LogP contribution in [0.5, 0.6) is 5.75 Å². The zero-order chi connectivity index (χ0) is 25.4. The summed E-state index contributed by atoms with van der Waals surface area (Å²) < 4.78 is 20.3. The fourth-order valence-corrected chi connectivity index (χ4v) is 4.08. The molecule has 0 spiro atoms. The van der Waals surface area contributed by atoms with Gasteiger partial charge in [-0.25, -0.2) is 24.3 Å². The maximum Gasteiger partial charge on any atom is 0.159 e. The average molecular weight is 496 g/mol. The Morgan fingerprint density at radius 1 is 0.946 bits per heavy atom. The number of rotatable bonds is 7. The molecule has 5 aromatic heterocycles. The molecule has 0 amide bonds. The van der Waals surface area contributed by atoms with Crippen molar-refractivity contribution in [3.05, 3.63) is 67.3 Å². The van der Waals surface area contributed by atoms with Gasteiger partial charge in [0.25, 0.3) is 0 Å². The summed E-state index contributed by atoms with van der Waals surface area (Å²) in [5.41, 5.74) is 5.38. The topological polar surface area (TPSA) is 121 Å². The Bertz CT molecular complexity index is 1710. The lowest BCUT2D eigenvalue weighted by Crippen LogP contribution is -2.19. The molecule has 184 valence electrons. The van der Waals surface area contributed by atoms with Gasteiger partial charge < -0.3 is 14.6 Å². The summed E-state index contributed by atoms with van der Waals surface area (Å²) in [5, 5.41) is 8.21. The van der Waals surface area contributed by atoms with Crippen molar-refractivity contribution in [2.24, 2.45) is 0 Å². The second-order valence-electron chi connectivity index (χ2n) is 8.79. The van der Waals surface area contributed by atoms with E-state index in [9.17, 15) is 4.39 Å². The highest BCUT2D eigenvalue weighted by atomic mass is 19.1. The number of H-pyrrole nitrogens is 2. The molecule has 0 radical (unpaired) electrons. The van der Waals surface area contributed by atoms with E-state index in [-0.39, 0.29) is 0 Å². The van der Waals surface area contributed by atoms with Gasteiger partial charge in [0.15, 0.2) is 11.5 Å². The van der Waals surface area contributed by atoms with Crippen LogP contribution >= 0.6 is 0 Å². The Kier molecular flexibility index (Phi) is 5.73. The predicted molar refractivity (Wildman–Crippen MR) is 137 cm³/mol. The smallest absolute Gasteiger partial charge is 0.159 e. The number of aromatic nitrogens is 8. The van der Waals surface area contributed by atoms with Gasteiger partial charge in [0.2, 0.25) is 0 Å². The molecule has 11 heteroatoms. The van der Waals surface area contributed by atoms with Crippen LogP contribution in [0, 0.1) is 5.82 Å². The van der Waals surface area contributed by atoms with Crippen LogP contribution in [0.2, 0.25) is 0 Å². The zero-order valence-corrected chi connectivity index (χ0v) is 20.1. The number of likely N-dealkylation sites (N-methyl/N-ethyl adjacent to an activating group) is 1. The molecule has 0 unspecified atom stereocenters. The van der Waals surface area contributed by atoms with Gasteiger partial charge >= 0.3 is 0 Å². The highest BCUT2D eigenvalue weighted by Crippen LogP contribution is 2.32. The molecule has 2 N–H and O–H groups in total. The third-order valence-electron chi connectivity index (χ3n) is 5.89. The lowest BCUT2D eigenvalue weighted by Gasteiger charge is -2.12. The third kappa shape index (κ3) is 4.47. The number of ether oxygens (including phenoxy) is 1. The SMILES string of the molecule is CN(C)CCOc1cc(F)cc(-c2nccc3[nH]c(-c4n[nH]c5ncc(-c6cncnc6)cc45)nc23)c1. The van der Waals surface area contributed by atoms with Crippen molar-refractivity contribution in [2.45, 2.75) is 0 Å². The van der Waals surface area contributed by atoms with Crippen molar-refractivity contribution in [1.29, 1.82) is 0 Å². The number of benzene rings is 1. The summed E-state index contributed by atoms with van der Waals surface area (Å²) in [5.74, 6) is 0.569. The van der Waals surface area contributed by atoms with E-state index in [1.54, 1.807) is 30.9 Å². The van der Waals surface area contributed by atoms with Crippen LogP contribution in [0.4, 0.5) is 4.39 Å². The number of pyridine rings is 2. The molecular formula is C26H22FN9O. The minimum atomic E-state index is -0.409. The van der Waals surface area contributed by atoms with Crippen LogP contribution in [-0.2, 0) is 0 Å². The summed E-state index contributed by atoms with van der Waals surface area (Å²) in [4.78, 5) is 27.3. The number of nitrogens with one attached hydrogen (secondary N) is 2. The zero-order valence-electron chi connectivity index (χ0n) is 20.1. The fourth-order valence-electron chi connectivity index (χ4n) is 4.08. The van der Waals surface area contributed by atoms with Crippen LogP contribution < -0.4 is 4.74 Å². The monoisotopic (exact) mass is 495 g/mol. The Morgan fingerprint density at radius 3 is 2.65 bits per heavy atom. The number of imidazole rings is 1. The molecule has 0 saturated heterocycles. The number of fused-ring (bicyclic) bond motifs is 2. The summed E-state index contributed by atoms with van der Waals surface area (Å²) >= 11 is 0. The van der Waals surface area contributed by atoms with Crippen LogP contribution in [-0.4, -0.2) is 72.2 Å². The predicted octanol–water partition coefficient (Wildman–Crippen LogP) is 4.10. The van der Waals surface area contributed by atoms with Crippen molar-refractivity contribution in [1.82, 2.24) is 45.0 Å². The van der Waals surface area contributed by atoms with Gasteiger partial charge in [-0.15, -0.1) is 0 Å². The first-order chi connectivity index (χ1) is 18.0. The van der Waals surface area contributed by atoms with Gasteiger partial charge in [-0.3, -0.25) is 10.1 Å². The maximum atomic E-state index is 14.5. The van der Waals surface area contributed by atoms with E-state index in [1.807, 2.05) is 31.1 Å². The first-order valence-electron chi connectivity index (χ1n) is 11.6. The first-order valence-corrected chi connectivity index (χ1v) is 11.6. The number of hydrogen-bond donors (Lipinski definition) is 2. The summed E-state index contributed by atoms with van der Waals surface area (Å²) in [6.07, 6.45) is 8.34. The van der Waals surface area contributed by atoms with Gasteiger partial charge in [0.1, 0.15) is 35.7 Å². The van der Waals surface area contributed by atoms with Crippen molar-refractivity contribution in [3.63, 3.8) is 0 Å². The van der Waals surface area contributed by atoms with E-state index >= 15 is 0 Å². The number of hydrogen-bond acceptors (Lipinski definition) is 8. The quantitative estimate of drug-likeness (QED) is 0.340. The first kappa shape index (κ1) is 22.7. The maximum absolute atomic E-state index is 14.5. The normalized spacial score (nSPS) is 11.6. The Hall–Kier alpha value is -4.77. The summed E-state index contributed by atoms with van der Waals surface area (Å²) in [6, 6.07) is 8.36. The highest BCUT2D eigenvalue weighted by molar-refractivity contribution is 5.96. The van der Waals surface area contributed by atoms with Crippen LogP contribution in [0.25, 0.3) is 56.0 Å². The Labute approximate surface area is 210 Å². The van der Waals surface area contributed by atoms with E-state index in [0.717, 1.165) is 22.0 Å². The van der Waals surface area contributed by atoms with Gasteiger partial charge in [-0.2, -0.15) is 5.10 Å². The molecule has 0 aliphatic heterocycles. The molecule has 0 fully saturated rings. The molecule has 0 saturated carbocycles. The standard InChI is InChI=1S/C26H22FN9O/c1-36(2)5-6-37-19-8-15(7-18(27)10-19)22-24-21(3-4-30-22)32-26(33-24)23-20-9-16(13-31-25(20)35-34-23)17-11-28-14-29-12-17/h3-4,7-14H,5-6H2,1-2H3,(H,32,33)(H,31,34,35). The van der Waals surface area contributed by atoms with Gasteiger partial charge in [-0.05, 0) is 38.4 Å². The molecule has 1 aromatic carbocycles. The number of halogens is 1. The second kappa shape index (κ2) is 9.36. The van der Waals surface area contributed by atoms with Gasteiger partial charge in [0, 0.05) is 54.1 Å². The molecule has 5 heterocycles. The molecule has 6 rings (SSSR count). The Morgan fingerprint density at radius 2 is 1.81 bits per heavy atom. The Balaban J connectivity index is 1.41. The highest BCUT2D eigenvalue weighted by Gasteiger charge is 2.18. The number of aromatic amines is 2. The molecule has 0 bridgehead atoms. The molecule has 0 atom stereocenters. The lowest BCUT2D eigenvalue weighted by molar-refractivity contribution is 0.260. The average Bonchev–Trinajstić information content (AvgIpc) is 3.52. The molecule has 10 nitrogen and oxygen atoms in total. The molecule has 6 aromatic rings. The molecule has 0 aliphatic rings. The van der Waals surface area contributed by atoms with Crippen LogP contribution in [0.3, 0.4) is 0 Å². The van der Waals surface area contributed by atoms with Crippen LogP contribution in [0.1, 0.15) is 0 Å². The van der Waals surface area contributed by atoms with Gasteiger partial charge in [-0.1, -0.05) is 0 Å². The minimum Gasteiger partial charge on any atom is -0.492 e.